The van der Waals surface area contributed by atoms with E-state index in [2.05, 4.69) is 5.10 Å². The maximum Gasteiger partial charge on any atom is 0.238 e. The number of hydrogen-bond acceptors (Lipinski definition) is 7. The van der Waals surface area contributed by atoms with Crippen LogP contribution in [0, 0.1) is 18.6 Å². The van der Waals surface area contributed by atoms with E-state index in [1.165, 1.54) is 7.11 Å². The molecule has 1 aliphatic heterocycles. The highest BCUT2D eigenvalue weighted by Gasteiger charge is 2.38. The number of rotatable bonds is 7. The highest BCUT2D eigenvalue weighted by atomic mass is 19.1. The van der Waals surface area contributed by atoms with Gasteiger partial charge in [0, 0.05) is 47.8 Å². The lowest BCUT2D eigenvalue weighted by atomic mass is 10.0. The highest BCUT2D eigenvalue weighted by molar-refractivity contribution is 5.39. The smallest absolute Gasteiger partial charge is 0.238 e. The van der Waals surface area contributed by atoms with E-state index in [1.807, 2.05) is 13.8 Å². The Balaban J connectivity index is 1.94. The average Bonchev–Trinajstić information content (AvgIpc) is 3.02. The van der Waals surface area contributed by atoms with Gasteiger partial charge in [-0.05, 0) is 20.8 Å². The molecular weight excluding hydrogens is 414 g/mol. The maximum atomic E-state index is 14.6. The van der Waals surface area contributed by atoms with Gasteiger partial charge in [-0.3, -0.25) is 4.68 Å². The molecule has 3 N–H and O–H groups in total. The molecule has 1 aromatic carbocycles. The lowest BCUT2D eigenvalue weighted by Crippen LogP contribution is -2.51. The van der Waals surface area contributed by atoms with Crippen LogP contribution in [0.1, 0.15) is 43.1 Å². The first-order valence-corrected chi connectivity index (χ1v) is 10.0. The van der Waals surface area contributed by atoms with E-state index in [1.54, 1.807) is 11.6 Å². The van der Waals surface area contributed by atoms with Crippen LogP contribution in [0.3, 0.4) is 0 Å². The second-order valence-corrected chi connectivity index (χ2v) is 7.85. The average molecular weight is 442 g/mol. The zero-order valence-electron chi connectivity index (χ0n) is 17.9. The predicted octanol–water partition coefficient (Wildman–Crippen LogP) is 1.86. The predicted molar refractivity (Wildman–Crippen MR) is 106 cm³/mol. The van der Waals surface area contributed by atoms with Gasteiger partial charge in [0.2, 0.25) is 12.2 Å². The summed E-state index contributed by atoms with van der Waals surface area (Å²) >= 11 is 0. The number of methoxy groups -OCH3 is 1. The SMILES string of the molecule is COc1cc(F)c(Cc2c(O[C@H]3C[C@@H](O)[C@H](O)[C@@H](CO)O3)nn(C(C)C)c2C)c(F)c1. The van der Waals surface area contributed by atoms with Crippen LogP contribution >= 0.6 is 0 Å². The van der Waals surface area contributed by atoms with Crippen LogP contribution in [0.4, 0.5) is 8.78 Å². The van der Waals surface area contributed by atoms with E-state index in [0.29, 0.717) is 11.3 Å². The molecule has 8 nitrogen and oxygen atoms in total. The van der Waals surface area contributed by atoms with Crippen molar-refractivity contribution < 1.29 is 38.3 Å². The van der Waals surface area contributed by atoms with E-state index >= 15 is 0 Å². The fraction of sp³-hybridized carbons (Fsp3) is 0.571. The molecule has 0 bridgehead atoms. The molecule has 31 heavy (non-hydrogen) atoms. The Morgan fingerprint density at radius 1 is 1.23 bits per heavy atom. The number of hydrogen-bond donors (Lipinski definition) is 3. The quantitative estimate of drug-likeness (QED) is 0.601. The molecule has 1 fully saturated rings. The molecule has 3 rings (SSSR count). The minimum atomic E-state index is -1.25. The van der Waals surface area contributed by atoms with E-state index in [9.17, 15) is 24.1 Å². The van der Waals surface area contributed by atoms with E-state index < -0.39 is 42.8 Å². The summed E-state index contributed by atoms with van der Waals surface area (Å²) in [5.41, 5.74) is 0.960. The second-order valence-electron chi connectivity index (χ2n) is 7.85. The Morgan fingerprint density at radius 2 is 1.87 bits per heavy atom. The Hall–Kier alpha value is -2.27. The van der Waals surface area contributed by atoms with Crippen molar-refractivity contribution in [2.45, 2.75) is 64.3 Å². The molecule has 0 amide bonds. The van der Waals surface area contributed by atoms with Crippen LogP contribution in [0.15, 0.2) is 12.1 Å². The summed E-state index contributed by atoms with van der Waals surface area (Å²) in [7, 11) is 1.33. The van der Waals surface area contributed by atoms with E-state index in [-0.39, 0.29) is 36.1 Å². The van der Waals surface area contributed by atoms with Crippen molar-refractivity contribution in [1.82, 2.24) is 9.78 Å². The lowest BCUT2D eigenvalue weighted by molar-refractivity contribution is -0.230. The van der Waals surface area contributed by atoms with Crippen molar-refractivity contribution in [2.24, 2.45) is 0 Å². The molecule has 2 heterocycles. The van der Waals surface area contributed by atoms with Crippen LogP contribution < -0.4 is 9.47 Å². The van der Waals surface area contributed by atoms with E-state index in [0.717, 1.165) is 12.1 Å². The fourth-order valence-corrected chi connectivity index (χ4v) is 3.64. The molecular formula is C21H28F2N2O6. The number of aliphatic hydroxyl groups is 3. The lowest BCUT2D eigenvalue weighted by Gasteiger charge is -2.35. The Kier molecular flexibility index (Phi) is 7.15. The molecule has 0 spiro atoms. The number of ether oxygens (including phenoxy) is 3. The molecule has 1 saturated heterocycles. The number of nitrogens with zero attached hydrogens (tertiary/aromatic N) is 2. The fourth-order valence-electron chi connectivity index (χ4n) is 3.64. The molecule has 1 aromatic heterocycles. The minimum absolute atomic E-state index is 0.0495. The third kappa shape index (κ3) is 4.82. The molecule has 172 valence electrons. The summed E-state index contributed by atoms with van der Waals surface area (Å²) in [6.07, 6.45) is -4.63. The normalized spacial score (nSPS) is 23.9. The summed E-state index contributed by atoms with van der Waals surface area (Å²) in [4.78, 5) is 0. The first-order chi connectivity index (χ1) is 14.7. The van der Waals surface area contributed by atoms with Crippen molar-refractivity contribution in [3.05, 3.63) is 40.6 Å². The zero-order chi connectivity index (χ0) is 22.9. The largest absolute Gasteiger partial charge is 0.497 e. The molecule has 2 aromatic rings. The molecule has 0 aliphatic carbocycles. The molecule has 4 atom stereocenters. The Bertz CT molecular complexity index is 897. The van der Waals surface area contributed by atoms with Crippen LogP contribution in [0.25, 0.3) is 0 Å². The summed E-state index contributed by atoms with van der Waals surface area (Å²) in [6, 6.07) is 2.16. The van der Waals surface area contributed by atoms with Gasteiger partial charge in [0.1, 0.15) is 29.6 Å². The number of halogens is 2. The van der Waals surface area contributed by atoms with Gasteiger partial charge in [-0.2, -0.15) is 0 Å². The van der Waals surface area contributed by atoms with Gasteiger partial charge in [-0.1, -0.05) is 0 Å². The first-order valence-electron chi connectivity index (χ1n) is 10.0. The van der Waals surface area contributed by atoms with Crippen molar-refractivity contribution >= 4 is 0 Å². The summed E-state index contributed by atoms with van der Waals surface area (Å²) < 4.78 is 47.1. The molecule has 0 unspecified atom stereocenters. The van der Waals surface area contributed by atoms with Crippen LogP contribution in [0.2, 0.25) is 0 Å². The highest BCUT2D eigenvalue weighted by Crippen LogP contribution is 2.32. The zero-order valence-corrected chi connectivity index (χ0v) is 17.9. The summed E-state index contributed by atoms with van der Waals surface area (Å²) in [5, 5.41) is 33.7. The standard InChI is InChI=1S/C21H28F2N2O6/c1-10(2)25-11(3)13(7-14-15(22)5-12(29-4)6-16(14)23)21(24-25)31-19-8-17(27)20(28)18(9-26)30-19/h5-6,10,17-20,26-28H,7-9H2,1-4H3/t17-,18-,19+,20+/m1/s1. The number of aromatic nitrogens is 2. The van der Waals surface area contributed by atoms with Crippen molar-refractivity contribution in [1.29, 1.82) is 0 Å². The Labute approximate surface area is 179 Å². The second kappa shape index (κ2) is 9.47. The summed E-state index contributed by atoms with van der Waals surface area (Å²) in [6.45, 7) is 5.07. The van der Waals surface area contributed by atoms with Crippen molar-refractivity contribution in [3.63, 3.8) is 0 Å². The van der Waals surface area contributed by atoms with Gasteiger partial charge in [-0.25, -0.2) is 8.78 Å². The van der Waals surface area contributed by atoms with Crippen molar-refractivity contribution in [3.8, 4) is 11.6 Å². The van der Waals surface area contributed by atoms with Gasteiger partial charge in [0.15, 0.2) is 0 Å². The van der Waals surface area contributed by atoms with Gasteiger partial charge < -0.3 is 29.5 Å². The minimum Gasteiger partial charge on any atom is -0.497 e. The van der Waals surface area contributed by atoms with Gasteiger partial charge in [0.05, 0.1) is 19.8 Å². The van der Waals surface area contributed by atoms with Gasteiger partial charge >= 0.3 is 0 Å². The molecule has 10 heteroatoms. The van der Waals surface area contributed by atoms with Crippen LogP contribution in [0.5, 0.6) is 11.6 Å². The number of aliphatic hydroxyl groups excluding tert-OH is 3. The number of benzene rings is 1. The van der Waals surface area contributed by atoms with Crippen molar-refractivity contribution in [2.75, 3.05) is 13.7 Å². The van der Waals surface area contributed by atoms with Crippen LogP contribution in [-0.2, 0) is 11.2 Å². The first kappa shape index (κ1) is 23.4. The third-order valence-electron chi connectivity index (χ3n) is 5.39. The molecule has 0 radical (unpaired) electrons. The molecule has 1 aliphatic rings. The Morgan fingerprint density at radius 3 is 2.42 bits per heavy atom. The third-order valence-corrected chi connectivity index (χ3v) is 5.39. The van der Waals surface area contributed by atoms with E-state index in [4.69, 9.17) is 14.2 Å². The van der Waals surface area contributed by atoms with Gasteiger partial charge in [-0.15, -0.1) is 5.10 Å². The monoisotopic (exact) mass is 442 g/mol. The topological polar surface area (TPSA) is 106 Å². The van der Waals surface area contributed by atoms with Gasteiger partial charge in [0.25, 0.3) is 0 Å². The maximum absolute atomic E-state index is 14.6. The summed E-state index contributed by atoms with van der Waals surface area (Å²) in [5.74, 6) is -1.34. The van der Waals surface area contributed by atoms with Crippen LogP contribution in [-0.4, -0.2) is 63.4 Å². The molecule has 0 saturated carbocycles.